The number of hydrogen-bond acceptors (Lipinski definition) is 3. The van der Waals surface area contributed by atoms with Gasteiger partial charge in [0.1, 0.15) is 5.92 Å². The van der Waals surface area contributed by atoms with E-state index in [-0.39, 0.29) is 5.57 Å². The first-order chi connectivity index (χ1) is 7.48. The van der Waals surface area contributed by atoms with E-state index in [1.54, 1.807) is 0 Å². The van der Waals surface area contributed by atoms with Gasteiger partial charge in [-0.15, -0.1) is 0 Å². The van der Waals surface area contributed by atoms with Gasteiger partial charge in [-0.25, -0.2) is 0 Å². The molecule has 0 saturated heterocycles. The second-order valence-corrected chi connectivity index (χ2v) is 4.57. The van der Waals surface area contributed by atoms with E-state index >= 15 is 0 Å². The highest BCUT2D eigenvalue weighted by molar-refractivity contribution is 6.28. The minimum absolute atomic E-state index is 0.0113. The molecule has 0 bridgehead atoms. The van der Waals surface area contributed by atoms with Gasteiger partial charge < -0.3 is 0 Å². The average Bonchev–Trinajstić information content (AvgIpc) is 2.13. The van der Waals surface area contributed by atoms with Crippen molar-refractivity contribution in [2.45, 2.75) is 26.9 Å². The van der Waals surface area contributed by atoms with E-state index in [4.69, 9.17) is 0 Å². The van der Waals surface area contributed by atoms with Crippen LogP contribution in [0, 0.1) is 11.3 Å². The molecular formula is C11H11F3O3. The first-order valence-corrected chi connectivity index (χ1v) is 4.87. The molecule has 0 aromatic heterocycles. The summed E-state index contributed by atoms with van der Waals surface area (Å²) in [6, 6.07) is 0. The fourth-order valence-electron chi connectivity index (χ4n) is 1.80. The molecule has 0 saturated carbocycles. The third kappa shape index (κ3) is 2.30. The highest BCUT2D eigenvalue weighted by atomic mass is 19.4. The smallest absolute Gasteiger partial charge is 0.297 e. The Morgan fingerprint density at radius 1 is 1.29 bits per heavy atom. The van der Waals surface area contributed by atoms with Crippen LogP contribution in [0.25, 0.3) is 0 Å². The molecule has 17 heavy (non-hydrogen) atoms. The van der Waals surface area contributed by atoms with Crippen molar-refractivity contribution in [2.24, 2.45) is 11.3 Å². The zero-order chi connectivity index (χ0) is 13.6. The van der Waals surface area contributed by atoms with Crippen LogP contribution >= 0.6 is 0 Å². The van der Waals surface area contributed by atoms with Crippen LogP contribution in [0.4, 0.5) is 13.2 Å². The number of carbonyl (C=O) groups excluding carboxylic acids is 3. The topological polar surface area (TPSA) is 51.2 Å². The third-order valence-electron chi connectivity index (χ3n) is 2.67. The van der Waals surface area contributed by atoms with Crippen molar-refractivity contribution in [3.63, 3.8) is 0 Å². The minimum Gasteiger partial charge on any atom is -0.297 e. The van der Waals surface area contributed by atoms with Crippen molar-refractivity contribution in [1.29, 1.82) is 0 Å². The predicted molar refractivity (Wildman–Crippen MR) is 52.1 cm³/mol. The fraction of sp³-hybridized carbons (Fsp3) is 0.545. The van der Waals surface area contributed by atoms with Gasteiger partial charge in [0.25, 0.3) is 5.78 Å². The van der Waals surface area contributed by atoms with Crippen molar-refractivity contribution in [2.75, 3.05) is 0 Å². The van der Waals surface area contributed by atoms with Gasteiger partial charge >= 0.3 is 6.18 Å². The van der Waals surface area contributed by atoms with Crippen LogP contribution in [0.2, 0.25) is 0 Å². The summed E-state index contributed by atoms with van der Waals surface area (Å²) in [5, 5.41) is 0. The molecule has 0 aromatic rings. The summed E-state index contributed by atoms with van der Waals surface area (Å²) in [4.78, 5) is 34.3. The Morgan fingerprint density at radius 3 is 2.18 bits per heavy atom. The van der Waals surface area contributed by atoms with Crippen LogP contribution in [-0.4, -0.2) is 23.5 Å². The fourth-order valence-corrected chi connectivity index (χ4v) is 1.80. The van der Waals surface area contributed by atoms with Crippen LogP contribution in [0.1, 0.15) is 20.8 Å². The Labute approximate surface area is 95.7 Å². The molecule has 94 valence electrons. The molecule has 0 spiro atoms. The number of alkyl halides is 3. The van der Waals surface area contributed by atoms with Gasteiger partial charge in [-0.2, -0.15) is 13.2 Å². The number of hydrogen-bond donors (Lipinski definition) is 0. The monoisotopic (exact) mass is 248 g/mol. The lowest BCUT2D eigenvalue weighted by molar-refractivity contribution is -0.178. The highest BCUT2D eigenvalue weighted by Gasteiger charge is 2.53. The maximum atomic E-state index is 12.3. The highest BCUT2D eigenvalue weighted by Crippen LogP contribution is 2.35. The lowest BCUT2D eigenvalue weighted by Gasteiger charge is -2.29. The summed E-state index contributed by atoms with van der Waals surface area (Å²) >= 11 is 0. The standard InChI is InChI=1S/C11H11F3O3/c1-5-4-10(2,3)8(16)6(7(5)15)9(17)11(12,13)14/h4,6H,1-3H3. The molecule has 0 N–H and O–H groups in total. The SMILES string of the molecule is CC1=CC(C)(C)C(=O)C(C(=O)C(F)(F)F)C1=O. The molecule has 1 atom stereocenters. The van der Waals surface area contributed by atoms with Gasteiger partial charge in [0.05, 0.1) is 0 Å². The molecule has 0 fully saturated rings. The molecular weight excluding hydrogens is 237 g/mol. The number of ketones is 3. The molecule has 3 nitrogen and oxygen atoms in total. The summed E-state index contributed by atoms with van der Waals surface area (Å²) in [5.41, 5.74) is -1.22. The normalized spacial score (nSPS) is 24.6. The molecule has 1 aliphatic carbocycles. The summed E-state index contributed by atoms with van der Waals surface area (Å²) in [7, 11) is 0. The summed E-state index contributed by atoms with van der Waals surface area (Å²) in [6.07, 6.45) is -3.89. The lowest BCUT2D eigenvalue weighted by atomic mass is 9.71. The molecule has 1 unspecified atom stereocenters. The van der Waals surface area contributed by atoms with E-state index in [2.05, 4.69) is 0 Å². The Bertz CT molecular complexity index is 430. The number of Topliss-reactive ketones (excluding diaryl/α,β-unsaturated/α-hetero) is 3. The molecule has 0 amide bonds. The summed E-state index contributed by atoms with van der Waals surface area (Å²) < 4.78 is 36.9. The van der Waals surface area contributed by atoms with Gasteiger partial charge in [-0.1, -0.05) is 6.08 Å². The number of halogens is 3. The van der Waals surface area contributed by atoms with E-state index in [1.807, 2.05) is 0 Å². The van der Waals surface area contributed by atoms with Crippen molar-refractivity contribution in [1.82, 2.24) is 0 Å². The maximum Gasteiger partial charge on any atom is 0.451 e. The van der Waals surface area contributed by atoms with Crippen molar-refractivity contribution in [3.05, 3.63) is 11.6 Å². The summed E-state index contributed by atoms with van der Waals surface area (Å²) in [6.45, 7) is 4.05. The van der Waals surface area contributed by atoms with Gasteiger partial charge in [0.15, 0.2) is 11.6 Å². The van der Waals surface area contributed by atoms with E-state index in [0.717, 1.165) is 0 Å². The Hall–Kier alpha value is -1.46. The van der Waals surface area contributed by atoms with Crippen molar-refractivity contribution < 1.29 is 27.6 Å². The Kier molecular flexibility index (Phi) is 3.03. The number of carbonyl (C=O) groups is 3. The maximum absolute atomic E-state index is 12.3. The average molecular weight is 248 g/mol. The molecule has 6 heteroatoms. The van der Waals surface area contributed by atoms with Crippen molar-refractivity contribution in [3.8, 4) is 0 Å². The molecule has 0 aromatic carbocycles. The van der Waals surface area contributed by atoms with Crippen LogP contribution in [0.3, 0.4) is 0 Å². The Balaban J connectivity index is 3.27. The van der Waals surface area contributed by atoms with Gasteiger partial charge in [0.2, 0.25) is 0 Å². The van der Waals surface area contributed by atoms with Crippen LogP contribution in [0.5, 0.6) is 0 Å². The molecule has 0 aliphatic heterocycles. The molecule has 0 heterocycles. The first kappa shape index (κ1) is 13.6. The Morgan fingerprint density at radius 2 is 1.76 bits per heavy atom. The second kappa shape index (κ2) is 3.78. The van der Waals surface area contributed by atoms with E-state index in [1.165, 1.54) is 26.8 Å². The van der Waals surface area contributed by atoms with Crippen LogP contribution in [-0.2, 0) is 14.4 Å². The number of allylic oxidation sites excluding steroid dienone is 2. The zero-order valence-corrected chi connectivity index (χ0v) is 9.51. The van der Waals surface area contributed by atoms with Gasteiger partial charge in [-0.3, -0.25) is 14.4 Å². The number of rotatable bonds is 1. The van der Waals surface area contributed by atoms with Gasteiger partial charge in [-0.05, 0) is 26.3 Å². The van der Waals surface area contributed by atoms with E-state index < -0.39 is 34.9 Å². The molecule has 0 radical (unpaired) electrons. The molecule has 1 rings (SSSR count). The van der Waals surface area contributed by atoms with Crippen LogP contribution in [0.15, 0.2) is 11.6 Å². The molecule has 1 aliphatic rings. The minimum atomic E-state index is -5.18. The van der Waals surface area contributed by atoms with E-state index in [0.29, 0.717) is 0 Å². The van der Waals surface area contributed by atoms with E-state index in [9.17, 15) is 27.6 Å². The predicted octanol–water partition coefficient (Wildman–Crippen LogP) is 1.86. The second-order valence-electron chi connectivity index (χ2n) is 4.57. The summed E-state index contributed by atoms with van der Waals surface area (Å²) in [5.74, 6) is -6.59. The largest absolute Gasteiger partial charge is 0.451 e. The third-order valence-corrected chi connectivity index (χ3v) is 2.67. The van der Waals surface area contributed by atoms with Crippen LogP contribution < -0.4 is 0 Å². The quantitative estimate of drug-likeness (QED) is 0.665. The lowest BCUT2D eigenvalue weighted by Crippen LogP contribution is -2.47. The first-order valence-electron chi connectivity index (χ1n) is 4.87. The van der Waals surface area contributed by atoms with Gasteiger partial charge in [0, 0.05) is 5.41 Å². The zero-order valence-electron chi connectivity index (χ0n) is 9.51. The van der Waals surface area contributed by atoms with Crippen molar-refractivity contribution >= 4 is 17.3 Å².